The van der Waals surface area contributed by atoms with Crippen molar-refractivity contribution in [2.75, 3.05) is 0 Å². The van der Waals surface area contributed by atoms with Crippen molar-refractivity contribution in [2.24, 2.45) is 7.05 Å². The molecule has 2 aromatic heterocycles. The van der Waals surface area contributed by atoms with Crippen LogP contribution >= 0.6 is 0 Å². The Morgan fingerprint density at radius 2 is 2.05 bits per heavy atom. The molecule has 110 valence electrons. The van der Waals surface area contributed by atoms with Crippen LogP contribution in [0.2, 0.25) is 0 Å². The predicted octanol–water partition coefficient (Wildman–Crippen LogP) is 2.44. The Kier molecular flexibility index (Phi) is 4.95. The van der Waals surface area contributed by atoms with Crippen LogP contribution in [0, 0.1) is 0 Å². The molecule has 1 atom stereocenters. The summed E-state index contributed by atoms with van der Waals surface area (Å²) in [5, 5.41) is 12.5. The minimum Gasteiger partial charge on any atom is -0.307 e. The van der Waals surface area contributed by atoms with Gasteiger partial charge in [0.15, 0.2) is 0 Å². The normalized spacial score (nSPS) is 12.8. The highest BCUT2D eigenvalue weighted by Crippen LogP contribution is 2.10. The van der Waals surface area contributed by atoms with Crippen molar-refractivity contribution in [3.05, 3.63) is 35.4 Å². The van der Waals surface area contributed by atoms with Gasteiger partial charge in [0.05, 0.1) is 11.4 Å². The van der Waals surface area contributed by atoms with Crippen LogP contribution in [0.5, 0.6) is 0 Å². The summed E-state index contributed by atoms with van der Waals surface area (Å²) >= 11 is 0. The summed E-state index contributed by atoms with van der Waals surface area (Å²) in [6.07, 6.45) is 6.22. The molecule has 5 nitrogen and oxygen atoms in total. The van der Waals surface area contributed by atoms with E-state index < -0.39 is 0 Å². The average Bonchev–Trinajstić information content (AvgIpc) is 3.04. The number of hydrogen-bond donors (Lipinski definition) is 1. The van der Waals surface area contributed by atoms with E-state index >= 15 is 0 Å². The highest BCUT2D eigenvalue weighted by Gasteiger charge is 2.07. The SMILES string of the molecule is CCc1nn(C)cc1CNCc1ccn(C(C)CC)n1. The van der Waals surface area contributed by atoms with Gasteiger partial charge in [0, 0.05) is 44.1 Å². The molecule has 2 rings (SSSR count). The van der Waals surface area contributed by atoms with E-state index in [0.717, 1.165) is 31.6 Å². The Bertz CT molecular complexity index is 540. The summed E-state index contributed by atoms with van der Waals surface area (Å²) in [5.41, 5.74) is 3.54. The van der Waals surface area contributed by atoms with Gasteiger partial charge in [0.1, 0.15) is 0 Å². The second-order valence-electron chi connectivity index (χ2n) is 5.28. The fourth-order valence-electron chi connectivity index (χ4n) is 2.26. The molecule has 5 heteroatoms. The number of nitrogens with one attached hydrogen (secondary N) is 1. The lowest BCUT2D eigenvalue weighted by molar-refractivity contribution is 0.471. The van der Waals surface area contributed by atoms with Crippen LogP contribution in [0.25, 0.3) is 0 Å². The van der Waals surface area contributed by atoms with Gasteiger partial charge >= 0.3 is 0 Å². The van der Waals surface area contributed by atoms with Crippen LogP contribution in [0.4, 0.5) is 0 Å². The van der Waals surface area contributed by atoms with Gasteiger partial charge in [-0.25, -0.2) is 0 Å². The molecule has 0 amide bonds. The van der Waals surface area contributed by atoms with Crippen LogP contribution in [0.3, 0.4) is 0 Å². The van der Waals surface area contributed by atoms with E-state index in [1.165, 1.54) is 11.3 Å². The third-order valence-corrected chi connectivity index (χ3v) is 3.65. The second-order valence-corrected chi connectivity index (χ2v) is 5.28. The number of nitrogens with zero attached hydrogens (tertiary/aromatic N) is 4. The van der Waals surface area contributed by atoms with Gasteiger partial charge in [-0.05, 0) is 25.8 Å². The van der Waals surface area contributed by atoms with E-state index in [2.05, 4.69) is 54.7 Å². The third kappa shape index (κ3) is 3.48. The minimum absolute atomic E-state index is 0.466. The Balaban J connectivity index is 1.88. The van der Waals surface area contributed by atoms with Crippen LogP contribution in [-0.2, 0) is 26.6 Å². The van der Waals surface area contributed by atoms with E-state index in [4.69, 9.17) is 0 Å². The molecule has 2 heterocycles. The van der Waals surface area contributed by atoms with Gasteiger partial charge in [0.25, 0.3) is 0 Å². The molecular formula is C15H25N5. The molecule has 20 heavy (non-hydrogen) atoms. The number of aromatic nitrogens is 4. The first kappa shape index (κ1) is 14.8. The van der Waals surface area contributed by atoms with Crippen molar-refractivity contribution in [3.8, 4) is 0 Å². The Morgan fingerprint density at radius 1 is 1.25 bits per heavy atom. The first-order valence-corrected chi connectivity index (χ1v) is 7.40. The zero-order chi connectivity index (χ0) is 14.5. The largest absolute Gasteiger partial charge is 0.307 e. The molecule has 0 aromatic carbocycles. The van der Waals surface area contributed by atoms with Gasteiger partial charge < -0.3 is 5.32 Å². The Hall–Kier alpha value is -1.62. The monoisotopic (exact) mass is 275 g/mol. The van der Waals surface area contributed by atoms with Crippen molar-refractivity contribution >= 4 is 0 Å². The summed E-state index contributed by atoms with van der Waals surface area (Å²) < 4.78 is 3.92. The van der Waals surface area contributed by atoms with Crippen LogP contribution in [0.15, 0.2) is 18.5 Å². The highest BCUT2D eigenvalue weighted by atomic mass is 15.3. The molecule has 1 N–H and O–H groups in total. The molecule has 0 aliphatic rings. The molecule has 0 saturated carbocycles. The van der Waals surface area contributed by atoms with Gasteiger partial charge in [-0.3, -0.25) is 9.36 Å². The zero-order valence-electron chi connectivity index (χ0n) is 12.9. The molecule has 0 aliphatic heterocycles. The smallest absolute Gasteiger partial charge is 0.0762 e. The van der Waals surface area contributed by atoms with Crippen molar-refractivity contribution < 1.29 is 0 Å². The van der Waals surface area contributed by atoms with Crippen LogP contribution in [-0.4, -0.2) is 19.6 Å². The van der Waals surface area contributed by atoms with E-state index in [1.54, 1.807) is 0 Å². The molecule has 0 radical (unpaired) electrons. The fraction of sp³-hybridized carbons (Fsp3) is 0.600. The maximum absolute atomic E-state index is 4.59. The molecule has 1 unspecified atom stereocenters. The average molecular weight is 275 g/mol. The van der Waals surface area contributed by atoms with Crippen molar-refractivity contribution in [1.82, 2.24) is 24.9 Å². The lowest BCUT2D eigenvalue weighted by Crippen LogP contribution is -2.14. The molecule has 0 spiro atoms. The summed E-state index contributed by atoms with van der Waals surface area (Å²) in [5.74, 6) is 0. The fourth-order valence-corrected chi connectivity index (χ4v) is 2.26. The van der Waals surface area contributed by atoms with E-state index in [1.807, 2.05) is 16.4 Å². The summed E-state index contributed by atoms with van der Waals surface area (Å²) in [6.45, 7) is 8.14. The quantitative estimate of drug-likeness (QED) is 0.844. The molecular weight excluding hydrogens is 250 g/mol. The Labute approximate surface area is 121 Å². The lowest BCUT2D eigenvalue weighted by Gasteiger charge is -2.08. The highest BCUT2D eigenvalue weighted by molar-refractivity contribution is 5.16. The van der Waals surface area contributed by atoms with Crippen LogP contribution in [0.1, 0.15) is 50.2 Å². The van der Waals surface area contributed by atoms with E-state index in [9.17, 15) is 0 Å². The molecule has 0 aliphatic carbocycles. The zero-order valence-corrected chi connectivity index (χ0v) is 12.9. The standard InChI is InChI=1S/C15H25N5/c1-5-12(3)20-8-7-14(17-20)10-16-9-13-11-19(4)18-15(13)6-2/h7-8,11-12,16H,5-6,9-10H2,1-4H3. The first-order chi connectivity index (χ1) is 9.63. The molecule has 2 aromatic rings. The number of aryl methyl sites for hydroxylation is 2. The first-order valence-electron chi connectivity index (χ1n) is 7.40. The van der Waals surface area contributed by atoms with Gasteiger partial charge in [-0.1, -0.05) is 13.8 Å². The Morgan fingerprint density at radius 3 is 2.75 bits per heavy atom. The summed E-state index contributed by atoms with van der Waals surface area (Å²) in [6, 6.07) is 2.55. The van der Waals surface area contributed by atoms with Crippen molar-refractivity contribution in [3.63, 3.8) is 0 Å². The molecule has 0 fully saturated rings. The van der Waals surface area contributed by atoms with Gasteiger partial charge in [0.2, 0.25) is 0 Å². The molecule has 0 saturated heterocycles. The van der Waals surface area contributed by atoms with Gasteiger partial charge in [-0.2, -0.15) is 10.2 Å². The summed E-state index contributed by atoms with van der Waals surface area (Å²) in [4.78, 5) is 0. The summed E-state index contributed by atoms with van der Waals surface area (Å²) in [7, 11) is 1.97. The minimum atomic E-state index is 0.466. The maximum atomic E-state index is 4.59. The lowest BCUT2D eigenvalue weighted by atomic mass is 10.2. The van der Waals surface area contributed by atoms with E-state index in [0.29, 0.717) is 6.04 Å². The number of hydrogen-bond acceptors (Lipinski definition) is 3. The predicted molar refractivity (Wildman–Crippen MR) is 80.4 cm³/mol. The number of rotatable bonds is 7. The topological polar surface area (TPSA) is 47.7 Å². The van der Waals surface area contributed by atoms with Crippen molar-refractivity contribution in [1.29, 1.82) is 0 Å². The van der Waals surface area contributed by atoms with Gasteiger partial charge in [-0.15, -0.1) is 0 Å². The third-order valence-electron chi connectivity index (χ3n) is 3.65. The second kappa shape index (κ2) is 6.70. The molecule has 0 bridgehead atoms. The maximum Gasteiger partial charge on any atom is 0.0762 e. The van der Waals surface area contributed by atoms with Crippen LogP contribution < -0.4 is 5.32 Å². The van der Waals surface area contributed by atoms with Crippen molar-refractivity contribution in [2.45, 2.75) is 52.7 Å². The van der Waals surface area contributed by atoms with E-state index in [-0.39, 0.29) is 0 Å².